The lowest BCUT2D eigenvalue weighted by Crippen LogP contribution is -2.21. The third-order valence-electron chi connectivity index (χ3n) is 4.19. The lowest BCUT2D eigenvalue weighted by Gasteiger charge is -2.19. The second-order valence-electron chi connectivity index (χ2n) is 5.91. The first kappa shape index (κ1) is 15.3. The van der Waals surface area contributed by atoms with Crippen molar-refractivity contribution in [2.45, 2.75) is 57.3 Å². The van der Waals surface area contributed by atoms with E-state index in [1.54, 1.807) is 0 Å². The predicted molar refractivity (Wildman–Crippen MR) is 75.9 cm³/mol. The number of fused-ring (bicyclic) bond motifs is 1. The smallest absolute Gasteiger partial charge is 0.330 e. The molecule has 4 heteroatoms. The van der Waals surface area contributed by atoms with E-state index in [2.05, 4.69) is 12.2 Å². The summed E-state index contributed by atoms with van der Waals surface area (Å²) in [5, 5.41) is 20.0. The summed E-state index contributed by atoms with van der Waals surface area (Å²) in [6, 6.07) is 0. The number of hydrogen-bond donors (Lipinski definition) is 2. The van der Waals surface area contributed by atoms with Gasteiger partial charge in [-0.2, -0.15) is 0 Å². The zero-order valence-corrected chi connectivity index (χ0v) is 11.9. The lowest BCUT2D eigenvalue weighted by molar-refractivity contribution is -0.142. The van der Waals surface area contributed by atoms with Crippen LogP contribution >= 0.6 is 0 Å². The molecule has 1 aliphatic heterocycles. The third kappa shape index (κ3) is 4.18. The molecule has 0 saturated heterocycles. The Kier molecular flexibility index (Phi) is 5.38. The Morgan fingerprint density at radius 2 is 2.05 bits per heavy atom. The van der Waals surface area contributed by atoms with Crippen molar-refractivity contribution >= 4 is 5.97 Å². The van der Waals surface area contributed by atoms with Crippen molar-refractivity contribution in [1.82, 2.24) is 0 Å². The van der Waals surface area contributed by atoms with Crippen LogP contribution in [0.2, 0.25) is 0 Å². The Morgan fingerprint density at radius 1 is 1.25 bits per heavy atom. The maximum Gasteiger partial charge on any atom is 0.330 e. The molecular weight excluding hydrogens is 256 g/mol. The van der Waals surface area contributed by atoms with Gasteiger partial charge in [0, 0.05) is 6.08 Å². The van der Waals surface area contributed by atoms with Crippen molar-refractivity contribution in [3.63, 3.8) is 0 Å². The first-order valence-corrected chi connectivity index (χ1v) is 7.48. The Morgan fingerprint density at radius 3 is 2.85 bits per heavy atom. The summed E-state index contributed by atoms with van der Waals surface area (Å²) >= 11 is 0. The van der Waals surface area contributed by atoms with Crippen LogP contribution < -0.4 is 0 Å². The van der Waals surface area contributed by atoms with Crippen molar-refractivity contribution in [2.24, 2.45) is 11.8 Å². The summed E-state index contributed by atoms with van der Waals surface area (Å²) in [4.78, 5) is 11.6. The molecule has 2 N–H and O–H groups in total. The fourth-order valence-electron chi connectivity index (χ4n) is 3.10. The Balaban J connectivity index is 2.11. The summed E-state index contributed by atoms with van der Waals surface area (Å²) < 4.78 is 5.23. The van der Waals surface area contributed by atoms with Gasteiger partial charge in [-0.3, -0.25) is 0 Å². The summed E-state index contributed by atoms with van der Waals surface area (Å²) in [7, 11) is 0. The quantitative estimate of drug-likeness (QED) is 0.526. The minimum atomic E-state index is -0.717. The molecule has 0 aromatic heterocycles. The molecule has 1 unspecified atom stereocenters. The summed E-state index contributed by atoms with van der Waals surface area (Å²) in [5.41, 5.74) is 0. The first-order valence-electron chi connectivity index (χ1n) is 7.48. The molecule has 1 fully saturated rings. The van der Waals surface area contributed by atoms with E-state index >= 15 is 0 Å². The molecule has 2 rings (SSSR count). The monoisotopic (exact) mass is 280 g/mol. The van der Waals surface area contributed by atoms with Crippen LogP contribution in [0, 0.1) is 11.8 Å². The van der Waals surface area contributed by atoms with Gasteiger partial charge in [-0.1, -0.05) is 12.2 Å². The number of rotatable bonds is 0. The van der Waals surface area contributed by atoms with Crippen LogP contribution in [-0.2, 0) is 9.53 Å². The molecule has 1 aliphatic carbocycles. The molecule has 0 spiro atoms. The third-order valence-corrected chi connectivity index (χ3v) is 4.19. The van der Waals surface area contributed by atoms with Crippen LogP contribution in [-0.4, -0.2) is 34.5 Å². The van der Waals surface area contributed by atoms with Gasteiger partial charge in [0.05, 0.1) is 18.3 Å². The van der Waals surface area contributed by atoms with Crippen LogP contribution in [0.4, 0.5) is 0 Å². The standard InChI is InChI=1S/C16H24O4/c1-11-5-3-2-4-6-12-9-13(17)10-14(12)15(18)7-8-16(19)20-11/h4,6-8,11-15,17-18H,2-3,5,9-10H2,1H3/b6-4+,8-7-/t11-,12+,13-,14+,15?/m0/s1. The summed E-state index contributed by atoms with van der Waals surface area (Å²) in [5.74, 6) is -0.249. The van der Waals surface area contributed by atoms with Crippen LogP contribution in [0.1, 0.15) is 39.0 Å². The van der Waals surface area contributed by atoms with Gasteiger partial charge < -0.3 is 14.9 Å². The van der Waals surface area contributed by atoms with E-state index in [0.29, 0.717) is 12.8 Å². The first-order chi connectivity index (χ1) is 9.56. The maximum atomic E-state index is 11.6. The van der Waals surface area contributed by atoms with Gasteiger partial charge >= 0.3 is 5.97 Å². The second kappa shape index (κ2) is 7.04. The maximum absolute atomic E-state index is 11.6. The number of cyclic esters (lactones) is 1. The van der Waals surface area contributed by atoms with Crippen molar-refractivity contribution in [1.29, 1.82) is 0 Å². The highest BCUT2D eigenvalue weighted by atomic mass is 16.5. The van der Waals surface area contributed by atoms with Gasteiger partial charge in [0.25, 0.3) is 0 Å². The number of esters is 1. The summed E-state index contributed by atoms with van der Waals surface area (Å²) in [6.07, 6.45) is 9.87. The zero-order valence-electron chi connectivity index (χ0n) is 11.9. The molecule has 20 heavy (non-hydrogen) atoms. The molecule has 0 bridgehead atoms. The normalized spacial score (nSPS) is 42.5. The molecule has 0 amide bonds. The molecule has 112 valence electrons. The van der Waals surface area contributed by atoms with E-state index < -0.39 is 12.1 Å². The minimum absolute atomic E-state index is 0.0246. The van der Waals surface area contributed by atoms with E-state index in [4.69, 9.17) is 4.74 Å². The summed E-state index contributed by atoms with van der Waals surface area (Å²) in [6.45, 7) is 1.89. The molecule has 0 aromatic rings. The van der Waals surface area contributed by atoms with Gasteiger partial charge in [0.15, 0.2) is 0 Å². The van der Waals surface area contributed by atoms with Gasteiger partial charge in [-0.25, -0.2) is 4.79 Å². The Bertz CT molecular complexity index is 388. The minimum Gasteiger partial charge on any atom is -0.460 e. The van der Waals surface area contributed by atoms with E-state index in [1.165, 1.54) is 12.2 Å². The highest BCUT2D eigenvalue weighted by Gasteiger charge is 2.35. The Labute approximate surface area is 120 Å². The van der Waals surface area contributed by atoms with Crippen molar-refractivity contribution in [2.75, 3.05) is 0 Å². The van der Waals surface area contributed by atoms with E-state index in [1.807, 2.05) is 6.92 Å². The highest BCUT2D eigenvalue weighted by molar-refractivity contribution is 5.82. The molecular formula is C16H24O4. The molecule has 1 saturated carbocycles. The molecule has 0 aromatic carbocycles. The second-order valence-corrected chi connectivity index (χ2v) is 5.91. The highest BCUT2D eigenvalue weighted by Crippen LogP contribution is 2.36. The molecule has 0 radical (unpaired) electrons. The van der Waals surface area contributed by atoms with Crippen LogP contribution in [0.5, 0.6) is 0 Å². The number of ether oxygens (including phenoxy) is 1. The number of hydrogen-bond acceptors (Lipinski definition) is 4. The fraction of sp³-hybridized carbons (Fsp3) is 0.688. The topological polar surface area (TPSA) is 66.8 Å². The van der Waals surface area contributed by atoms with Crippen LogP contribution in [0.3, 0.4) is 0 Å². The molecule has 1 heterocycles. The Hall–Kier alpha value is -1.13. The average Bonchev–Trinajstić information content (AvgIpc) is 2.76. The fourth-order valence-corrected chi connectivity index (χ4v) is 3.10. The molecule has 4 nitrogen and oxygen atoms in total. The van der Waals surface area contributed by atoms with E-state index in [-0.39, 0.29) is 24.0 Å². The van der Waals surface area contributed by atoms with Gasteiger partial charge in [0.2, 0.25) is 0 Å². The van der Waals surface area contributed by atoms with Gasteiger partial charge in [0.1, 0.15) is 0 Å². The van der Waals surface area contributed by atoms with Crippen molar-refractivity contribution in [3.05, 3.63) is 24.3 Å². The van der Waals surface area contributed by atoms with Crippen LogP contribution in [0.15, 0.2) is 24.3 Å². The molecule has 2 aliphatic rings. The average molecular weight is 280 g/mol. The number of aliphatic hydroxyl groups excluding tert-OH is 2. The number of allylic oxidation sites excluding steroid dienone is 2. The predicted octanol–water partition coefficient (Wildman–Crippen LogP) is 1.96. The zero-order chi connectivity index (χ0) is 14.5. The van der Waals surface area contributed by atoms with E-state index in [9.17, 15) is 15.0 Å². The molecule has 5 atom stereocenters. The lowest BCUT2D eigenvalue weighted by atomic mass is 9.90. The van der Waals surface area contributed by atoms with Crippen LogP contribution in [0.25, 0.3) is 0 Å². The van der Waals surface area contributed by atoms with Crippen molar-refractivity contribution < 1.29 is 19.7 Å². The largest absolute Gasteiger partial charge is 0.460 e. The number of carbonyl (C=O) groups is 1. The SMILES string of the molecule is C[C@H]1CCC/C=C/[C@@H]2C[C@H](O)C[C@H]2C(O)/C=C\C(=O)O1. The van der Waals surface area contributed by atoms with Crippen molar-refractivity contribution in [3.8, 4) is 0 Å². The van der Waals surface area contributed by atoms with Gasteiger partial charge in [-0.05, 0) is 56.9 Å². The number of carbonyl (C=O) groups excluding carboxylic acids is 1. The van der Waals surface area contributed by atoms with Gasteiger partial charge in [-0.15, -0.1) is 0 Å². The number of aliphatic hydroxyl groups is 2. The van der Waals surface area contributed by atoms with E-state index in [0.717, 1.165) is 19.3 Å².